The van der Waals surface area contributed by atoms with Crippen LogP contribution < -0.4 is 5.32 Å². The molecule has 3 nitrogen and oxygen atoms in total. The summed E-state index contributed by atoms with van der Waals surface area (Å²) in [7, 11) is 0. The Morgan fingerprint density at radius 1 is 1.29 bits per heavy atom. The van der Waals surface area contributed by atoms with Crippen LogP contribution in [0.5, 0.6) is 0 Å². The first-order valence-electron chi connectivity index (χ1n) is 5.96. The highest BCUT2D eigenvalue weighted by Gasteiger charge is 2.17. The van der Waals surface area contributed by atoms with Crippen LogP contribution in [0.4, 0.5) is 0 Å². The lowest BCUT2D eigenvalue weighted by Crippen LogP contribution is -2.30. The van der Waals surface area contributed by atoms with Crippen molar-refractivity contribution in [2.24, 2.45) is 5.92 Å². The van der Waals surface area contributed by atoms with Gasteiger partial charge in [-0.3, -0.25) is 0 Å². The number of hydrogen-bond donors (Lipinski definition) is 1. The topological polar surface area (TPSA) is 24.5 Å². The first-order chi connectivity index (χ1) is 6.95. The molecule has 0 aromatic rings. The highest BCUT2D eigenvalue weighted by atomic mass is 16.5. The Morgan fingerprint density at radius 3 is 3.14 bits per heavy atom. The second-order valence-corrected chi connectivity index (χ2v) is 4.46. The van der Waals surface area contributed by atoms with E-state index in [4.69, 9.17) is 4.74 Å². The standard InChI is InChI=1S/C11H22N2O/c1-4-12-5-8-13(6-1)7-2-11-3-9-14-10-11/h11-12H,1-10H2. The summed E-state index contributed by atoms with van der Waals surface area (Å²) in [5, 5.41) is 3.44. The largest absolute Gasteiger partial charge is 0.381 e. The van der Waals surface area contributed by atoms with E-state index in [1.807, 2.05) is 0 Å². The highest BCUT2D eigenvalue weighted by Crippen LogP contribution is 2.16. The van der Waals surface area contributed by atoms with Gasteiger partial charge in [0.1, 0.15) is 0 Å². The third-order valence-corrected chi connectivity index (χ3v) is 3.31. The molecule has 2 aliphatic heterocycles. The van der Waals surface area contributed by atoms with Crippen LogP contribution in [0.1, 0.15) is 19.3 Å². The molecule has 0 saturated carbocycles. The van der Waals surface area contributed by atoms with Crippen LogP contribution in [0, 0.1) is 5.92 Å². The van der Waals surface area contributed by atoms with E-state index in [1.165, 1.54) is 52.0 Å². The molecule has 1 unspecified atom stereocenters. The number of ether oxygens (including phenoxy) is 1. The van der Waals surface area contributed by atoms with Crippen LogP contribution in [0.15, 0.2) is 0 Å². The van der Waals surface area contributed by atoms with Gasteiger partial charge >= 0.3 is 0 Å². The van der Waals surface area contributed by atoms with Crippen molar-refractivity contribution in [3.8, 4) is 0 Å². The van der Waals surface area contributed by atoms with Crippen molar-refractivity contribution in [2.75, 3.05) is 45.9 Å². The van der Waals surface area contributed by atoms with Crippen LogP contribution in [0.2, 0.25) is 0 Å². The molecule has 2 saturated heterocycles. The molecule has 3 heteroatoms. The second-order valence-electron chi connectivity index (χ2n) is 4.46. The Balaban J connectivity index is 1.62. The molecular formula is C11H22N2O. The molecule has 2 aliphatic rings. The van der Waals surface area contributed by atoms with Gasteiger partial charge < -0.3 is 15.0 Å². The zero-order valence-electron chi connectivity index (χ0n) is 9.00. The van der Waals surface area contributed by atoms with E-state index in [0.717, 1.165) is 19.1 Å². The number of nitrogens with one attached hydrogen (secondary N) is 1. The van der Waals surface area contributed by atoms with E-state index >= 15 is 0 Å². The molecule has 0 bridgehead atoms. The quantitative estimate of drug-likeness (QED) is 0.723. The van der Waals surface area contributed by atoms with Crippen molar-refractivity contribution >= 4 is 0 Å². The maximum atomic E-state index is 5.39. The molecule has 0 spiro atoms. The minimum Gasteiger partial charge on any atom is -0.381 e. The van der Waals surface area contributed by atoms with Gasteiger partial charge in [-0.05, 0) is 44.8 Å². The zero-order chi connectivity index (χ0) is 9.64. The summed E-state index contributed by atoms with van der Waals surface area (Å²) in [5.41, 5.74) is 0. The van der Waals surface area contributed by atoms with Gasteiger partial charge in [-0.2, -0.15) is 0 Å². The predicted octanol–water partition coefficient (Wildman–Crippen LogP) is 0.708. The van der Waals surface area contributed by atoms with Crippen molar-refractivity contribution in [2.45, 2.75) is 19.3 Å². The Bertz CT molecular complexity index is 149. The van der Waals surface area contributed by atoms with Gasteiger partial charge in [0, 0.05) is 26.3 Å². The van der Waals surface area contributed by atoms with Crippen LogP contribution >= 0.6 is 0 Å². The summed E-state index contributed by atoms with van der Waals surface area (Å²) >= 11 is 0. The molecule has 0 aromatic heterocycles. The molecule has 2 rings (SSSR count). The molecule has 0 amide bonds. The molecule has 14 heavy (non-hydrogen) atoms. The maximum Gasteiger partial charge on any atom is 0.0495 e. The van der Waals surface area contributed by atoms with Gasteiger partial charge in [0.25, 0.3) is 0 Å². The van der Waals surface area contributed by atoms with Gasteiger partial charge in [-0.15, -0.1) is 0 Å². The molecule has 0 radical (unpaired) electrons. The zero-order valence-corrected chi connectivity index (χ0v) is 9.00. The minimum atomic E-state index is 0.839. The van der Waals surface area contributed by atoms with E-state index in [1.54, 1.807) is 0 Å². The van der Waals surface area contributed by atoms with Gasteiger partial charge in [0.05, 0.1) is 0 Å². The second kappa shape index (κ2) is 5.69. The minimum absolute atomic E-state index is 0.839. The summed E-state index contributed by atoms with van der Waals surface area (Å²) in [6, 6.07) is 0. The molecule has 0 aromatic carbocycles. The molecule has 1 N–H and O–H groups in total. The monoisotopic (exact) mass is 198 g/mol. The van der Waals surface area contributed by atoms with Crippen molar-refractivity contribution in [3.05, 3.63) is 0 Å². The van der Waals surface area contributed by atoms with Crippen LogP contribution in [-0.2, 0) is 4.74 Å². The number of hydrogen-bond acceptors (Lipinski definition) is 3. The fourth-order valence-electron chi connectivity index (χ4n) is 2.30. The number of nitrogens with zero attached hydrogens (tertiary/aromatic N) is 1. The molecule has 82 valence electrons. The van der Waals surface area contributed by atoms with E-state index < -0.39 is 0 Å². The van der Waals surface area contributed by atoms with Gasteiger partial charge in [0.15, 0.2) is 0 Å². The predicted molar refractivity (Wildman–Crippen MR) is 57.5 cm³/mol. The molecule has 2 heterocycles. The Morgan fingerprint density at radius 2 is 2.29 bits per heavy atom. The van der Waals surface area contributed by atoms with Crippen molar-refractivity contribution in [1.82, 2.24) is 10.2 Å². The van der Waals surface area contributed by atoms with E-state index in [9.17, 15) is 0 Å². The van der Waals surface area contributed by atoms with Crippen LogP contribution in [0.3, 0.4) is 0 Å². The third-order valence-electron chi connectivity index (χ3n) is 3.31. The third kappa shape index (κ3) is 3.23. The normalized spacial score (nSPS) is 30.4. The smallest absolute Gasteiger partial charge is 0.0495 e. The fraction of sp³-hybridized carbons (Fsp3) is 1.00. The lowest BCUT2D eigenvalue weighted by Gasteiger charge is -2.20. The molecular weight excluding hydrogens is 176 g/mol. The van der Waals surface area contributed by atoms with Gasteiger partial charge in [0.2, 0.25) is 0 Å². The fourth-order valence-corrected chi connectivity index (χ4v) is 2.30. The van der Waals surface area contributed by atoms with Crippen molar-refractivity contribution in [1.29, 1.82) is 0 Å². The van der Waals surface area contributed by atoms with E-state index in [-0.39, 0.29) is 0 Å². The Hall–Kier alpha value is -0.120. The molecule has 2 fully saturated rings. The lowest BCUT2D eigenvalue weighted by molar-refractivity contribution is 0.178. The SMILES string of the molecule is C1CNCCN(CCC2CCOC2)C1. The lowest BCUT2D eigenvalue weighted by atomic mass is 10.1. The number of rotatable bonds is 3. The van der Waals surface area contributed by atoms with Gasteiger partial charge in [-0.25, -0.2) is 0 Å². The first kappa shape index (κ1) is 10.4. The molecule has 0 aliphatic carbocycles. The Kier molecular flexibility index (Phi) is 4.22. The summed E-state index contributed by atoms with van der Waals surface area (Å²) in [6.45, 7) is 8.15. The van der Waals surface area contributed by atoms with Crippen LogP contribution in [0.25, 0.3) is 0 Å². The molecule has 1 atom stereocenters. The summed E-state index contributed by atoms with van der Waals surface area (Å²) in [4.78, 5) is 2.60. The maximum absolute atomic E-state index is 5.39. The van der Waals surface area contributed by atoms with E-state index in [0.29, 0.717) is 0 Å². The Labute approximate surface area is 86.8 Å². The highest BCUT2D eigenvalue weighted by molar-refractivity contribution is 4.70. The average molecular weight is 198 g/mol. The van der Waals surface area contributed by atoms with Gasteiger partial charge in [-0.1, -0.05) is 0 Å². The summed E-state index contributed by atoms with van der Waals surface area (Å²) in [5.74, 6) is 0.839. The first-order valence-corrected chi connectivity index (χ1v) is 5.96. The van der Waals surface area contributed by atoms with Crippen molar-refractivity contribution < 1.29 is 4.74 Å². The summed E-state index contributed by atoms with van der Waals surface area (Å²) in [6.07, 6.45) is 3.92. The summed E-state index contributed by atoms with van der Waals surface area (Å²) < 4.78 is 5.39. The average Bonchev–Trinajstić information content (AvgIpc) is 2.58. The van der Waals surface area contributed by atoms with Crippen LogP contribution in [-0.4, -0.2) is 50.8 Å². The van der Waals surface area contributed by atoms with E-state index in [2.05, 4.69) is 10.2 Å². The van der Waals surface area contributed by atoms with Crippen molar-refractivity contribution in [3.63, 3.8) is 0 Å².